The van der Waals surface area contributed by atoms with Gasteiger partial charge in [0.1, 0.15) is 5.15 Å². The van der Waals surface area contributed by atoms with E-state index in [-0.39, 0.29) is 0 Å². The molecule has 4 heterocycles. The van der Waals surface area contributed by atoms with E-state index in [1.54, 1.807) is 6.07 Å². The van der Waals surface area contributed by atoms with E-state index in [1.165, 1.54) is 19.4 Å². The second kappa shape index (κ2) is 8.33. The smallest absolute Gasteiger partial charge is 0.129 e. The maximum Gasteiger partial charge on any atom is 0.129 e. The van der Waals surface area contributed by atoms with Crippen LogP contribution in [-0.4, -0.2) is 57.5 Å². The molecule has 142 valence electrons. The number of aryl methyl sites for hydroxylation is 1. The number of hydrogen-bond acceptors (Lipinski definition) is 5. The Bertz CT molecular complexity index is 912. The molecular formula is C20H24ClN5O. The van der Waals surface area contributed by atoms with Crippen LogP contribution in [0.15, 0.2) is 36.8 Å². The molecule has 1 unspecified atom stereocenters. The molecule has 1 atom stereocenters. The Morgan fingerprint density at radius 2 is 2.11 bits per heavy atom. The average molecular weight is 386 g/mol. The van der Waals surface area contributed by atoms with Crippen LogP contribution in [0.4, 0.5) is 0 Å². The zero-order valence-corrected chi connectivity index (χ0v) is 16.3. The minimum atomic E-state index is 0.387. The van der Waals surface area contributed by atoms with E-state index in [4.69, 9.17) is 16.3 Å². The molecule has 0 saturated carbocycles. The Hall–Kier alpha value is -2.02. The number of likely N-dealkylation sites (tertiary alicyclic amines) is 1. The predicted octanol–water partition coefficient (Wildman–Crippen LogP) is 3.65. The van der Waals surface area contributed by atoms with Crippen molar-refractivity contribution in [2.75, 3.05) is 26.7 Å². The third-order valence-corrected chi connectivity index (χ3v) is 5.34. The van der Waals surface area contributed by atoms with E-state index < -0.39 is 0 Å². The van der Waals surface area contributed by atoms with Crippen LogP contribution in [0, 0.1) is 0 Å². The molecule has 4 rings (SSSR count). The largest absolute Gasteiger partial charge is 0.380 e. The zero-order chi connectivity index (χ0) is 18.6. The monoisotopic (exact) mass is 385 g/mol. The van der Waals surface area contributed by atoms with Crippen LogP contribution in [0.3, 0.4) is 0 Å². The lowest BCUT2D eigenvalue weighted by Gasteiger charge is -2.31. The molecule has 0 bridgehead atoms. The van der Waals surface area contributed by atoms with Gasteiger partial charge in [-0.1, -0.05) is 11.6 Å². The van der Waals surface area contributed by atoms with Gasteiger partial charge < -0.3 is 9.64 Å². The summed E-state index contributed by atoms with van der Waals surface area (Å²) in [6, 6.07) is 5.65. The molecule has 3 aromatic rings. The Balaban J connectivity index is 1.37. The first-order valence-electron chi connectivity index (χ1n) is 9.41. The summed E-state index contributed by atoms with van der Waals surface area (Å²) >= 11 is 5.99. The summed E-state index contributed by atoms with van der Waals surface area (Å²) in [6.07, 6.45) is 9.67. The van der Waals surface area contributed by atoms with Crippen molar-refractivity contribution in [2.24, 2.45) is 0 Å². The molecule has 0 N–H and O–H groups in total. The van der Waals surface area contributed by atoms with Gasteiger partial charge in [-0.15, -0.1) is 0 Å². The highest BCUT2D eigenvalue weighted by Crippen LogP contribution is 2.22. The van der Waals surface area contributed by atoms with Gasteiger partial charge in [-0.2, -0.15) is 5.10 Å². The van der Waals surface area contributed by atoms with Crippen LogP contribution in [0.5, 0.6) is 0 Å². The van der Waals surface area contributed by atoms with Crippen molar-refractivity contribution in [1.82, 2.24) is 24.6 Å². The number of ether oxygens (including phenoxy) is 1. The van der Waals surface area contributed by atoms with Gasteiger partial charge in [-0.05, 0) is 50.6 Å². The Morgan fingerprint density at radius 3 is 3.00 bits per heavy atom. The van der Waals surface area contributed by atoms with E-state index in [0.717, 1.165) is 48.2 Å². The lowest BCUT2D eigenvalue weighted by Crippen LogP contribution is -2.39. The van der Waals surface area contributed by atoms with Crippen LogP contribution >= 0.6 is 11.6 Å². The van der Waals surface area contributed by atoms with Crippen molar-refractivity contribution in [3.05, 3.63) is 41.9 Å². The Kier molecular flexibility index (Phi) is 5.66. The molecule has 0 radical (unpaired) electrons. The van der Waals surface area contributed by atoms with Gasteiger partial charge >= 0.3 is 0 Å². The summed E-state index contributed by atoms with van der Waals surface area (Å²) < 4.78 is 7.50. The molecule has 0 aromatic carbocycles. The molecule has 27 heavy (non-hydrogen) atoms. The maximum absolute atomic E-state index is 5.99. The maximum atomic E-state index is 5.99. The summed E-state index contributed by atoms with van der Waals surface area (Å²) in [7, 11) is 1.81. The number of methoxy groups -OCH3 is 1. The molecule has 0 spiro atoms. The van der Waals surface area contributed by atoms with Crippen LogP contribution in [0.1, 0.15) is 19.3 Å². The SMILES string of the molecule is COC1CCCN(CCCn2cc(-c3cnc4ccc(Cl)nc4c3)cn2)C1. The highest BCUT2D eigenvalue weighted by atomic mass is 35.5. The number of rotatable bonds is 6. The molecular weight excluding hydrogens is 362 g/mol. The molecule has 6 nitrogen and oxygen atoms in total. The van der Waals surface area contributed by atoms with E-state index in [2.05, 4.69) is 26.2 Å². The second-order valence-electron chi connectivity index (χ2n) is 7.04. The fourth-order valence-corrected chi connectivity index (χ4v) is 3.79. The van der Waals surface area contributed by atoms with Gasteiger partial charge in [0.2, 0.25) is 0 Å². The second-order valence-corrected chi connectivity index (χ2v) is 7.43. The fourth-order valence-electron chi connectivity index (χ4n) is 3.64. The number of hydrogen-bond donors (Lipinski definition) is 0. The van der Waals surface area contributed by atoms with Gasteiger partial charge in [0.15, 0.2) is 0 Å². The summed E-state index contributed by atoms with van der Waals surface area (Å²) in [4.78, 5) is 11.3. The lowest BCUT2D eigenvalue weighted by atomic mass is 10.1. The standard InChI is InChI=1S/C20H24ClN5O/c1-27-17-4-2-7-25(14-17)8-3-9-26-13-16(12-23-26)15-10-19-18(22-11-15)5-6-20(21)24-19/h5-6,10-13,17H,2-4,7-9,14H2,1H3. The molecule has 1 fully saturated rings. The van der Waals surface area contributed by atoms with E-state index in [1.807, 2.05) is 36.3 Å². The summed E-state index contributed by atoms with van der Waals surface area (Å²) in [5.74, 6) is 0. The minimum absolute atomic E-state index is 0.387. The fraction of sp³-hybridized carbons (Fsp3) is 0.450. The van der Waals surface area contributed by atoms with E-state index >= 15 is 0 Å². The number of pyridine rings is 2. The molecule has 3 aromatic heterocycles. The average Bonchev–Trinajstić information content (AvgIpc) is 3.16. The lowest BCUT2D eigenvalue weighted by molar-refractivity contribution is 0.0306. The van der Waals surface area contributed by atoms with Gasteiger partial charge in [0, 0.05) is 43.7 Å². The van der Waals surface area contributed by atoms with Gasteiger partial charge in [-0.25, -0.2) is 4.98 Å². The summed E-state index contributed by atoms with van der Waals surface area (Å²) in [5, 5.41) is 4.98. The molecule has 1 aliphatic rings. The quantitative estimate of drug-likeness (QED) is 0.606. The van der Waals surface area contributed by atoms with Crippen molar-refractivity contribution < 1.29 is 4.74 Å². The Morgan fingerprint density at radius 1 is 1.19 bits per heavy atom. The van der Waals surface area contributed by atoms with E-state index in [0.29, 0.717) is 11.3 Å². The number of nitrogens with zero attached hydrogens (tertiary/aromatic N) is 5. The molecule has 0 aliphatic carbocycles. The van der Waals surface area contributed by atoms with Crippen LogP contribution in [0.2, 0.25) is 5.15 Å². The summed E-state index contributed by atoms with van der Waals surface area (Å²) in [6.45, 7) is 4.19. The topological polar surface area (TPSA) is 56.1 Å². The van der Waals surface area contributed by atoms with Gasteiger partial charge in [0.25, 0.3) is 0 Å². The van der Waals surface area contributed by atoms with E-state index in [9.17, 15) is 0 Å². The van der Waals surface area contributed by atoms with Crippen molar-refractivity contribution in [3.8, 4) is 11.1 Å². The molecule has 7 heteroatoms. The van der Waals surface area contributed by atoms with Crippen LogP contribution in [0.25, 0.3) is 22.2 Å². The Labute approximate surface area is 164 Å². The highest BCUT2D eigenvalue weighted by Gasteiger charge is 2.18. The molecule has 0 amide bonds. The van der Waals surface area contributed by atoms with Crippen molar-refractivity contribution in [3.63, 3.8) is 0 Å². The number of halogens is 1. The van der Waals surface area contributed by atoms with Crippen LogP contribution in [-0.2, 0) is 11.3 Å². The first-order chi connectivity index (χ1) is 13.2. The van der Waals surface area contributed by atoms with Gasteiger partial charge in [-0.3, -0.25) is 9.67 Å². The minimum Gasteiger partial charge on any atom is -0.380 e. The predicted molar refractivity (Wildman–Crippen MR) is 107 cm³/mol. The third-order valence-electron chi connectivity index (χ3n) is 5.13. The number of aromatic nitrogens is 4. The highest BCUT2D eigenvalue weighted by molar-refractivity contribution is 6.29. The number of fused-ring (bicyclic) bond motifs is 1. The first kappa shape index (κ1) is 18.3. The summed E-state index contributed by atoms with van der Waals surface area (Å²) in [5.41, 5.74) is 3.68. The van der Waals surface area contributed by atoms with Gasteiger partial charge in [0.05, 0.1) is 23.3 Å². The normalized spacial score (nSPS) is 18.2. The molecule has 1 aliphatic heterocycles. The molecule has 1 saturated heterocycles. The van der Waals surface area contributed by atoms with Crippen molar-refractivity contribution in [1.29, 1.82) is 0 Å². The van der Waals surface area contributed by atoms with Crippen molar-refractivity contribution in [2.45, 2.75) is 31.9 Å². The zero-order valence-electron chi connectivity index (χ0n) is 15.5. The van der Waals surface area contributed by atoms with Crippen LogP contribution < -0.4 is 0 Å². The third kappa shape index (κ3) is 4.46. The number of piperidine rings is 1. The van der Waals surface area contributed by atoms with Crippen molar-refractivity contribution >= 4 is 22.6 Å². The first-order valence-corrected chi connectivity index (χ1v) is 9.79.